The summed E-state index contributed by atoms with van der Waals surface area (Å²) >= 11 is 0. The molecule has 3 heteroatoms. The number of rotatable bonds is 13. The molecular weight excluding hydrogens is 348 g/mol. The van der Waals surface area contributed by atoms with Gasteiger partial charge in [-0.25, -0.2) is 0 Å². The van der Waals surface area contributed by atoms with Gasteiger partial charge in [0, 0.05) is 5.56 Å². The lowest BCUT2D eigenvalue weighted by molar-refractivity contribution is 0.104. The summed E-state index contributed by atoms with van der Waals surface area (Å²) < 4.78 is 11.4. The van der Waals surface area contributed by atoms with Crippen LogP contribution in [0.5, 0.6) is 11.5 Å². The third-order valence-electron chi connectivity index (χ3n) is 4.48. The largest absolute Gasteiger partial charge is 0.494 e. The predicted molar refractivity (Wildman–Crippen MR) is 116 cm³/mol. The number of ether oxygens (including phenoxy) is 2. The van der Waals surface area contributed by atoms with Gasteiger partial charge in [0.05, 0.1) is 13.2 Å². The van der Waals surface area contributed by atoms with Crippen molar-refractivity contribution in [1.29, 1.82) is 0 Å². The molecule has 0 amide bonds. The normalized spacial score (nSPS) is 10.9. The number of carbonyl (C=O) groups is 1. The van der Waals surface area contributed by atoms with Gasteiger partial charge in [-0.05, 0) is 60.9 Å². The van der Waals surface area contributed by atoms with Crippen LogP contribution in [0.1, 0.15) is 68.3 Å². The molecule has 0 heterocycles. The van der Waals surface area contributed by atoms with Crippen LogP contribution in [-0.2, 0) is 0 Å². The van der Waals surface area contributed by atoms with E-state index in [1.54, 1.807) is 6.08 Å². The Morgan fingerprint density at radius 1 is 0.750 bits per heavy atom. The van der Waals surface area contributed by atoms with Crippen molar-refractivity contribution in [2.45, 2.75) is 52.4 Å². The van der Waals surface area contributed by atoms with Crippen LogP contribution < -0.4 is 9.47 Å². The zero-order chi connectivity index (χ0) is 20.0. The lowest BCUT2D eigenvalue weighted by Gasteiger charge is -2.06. The number of unbranched alkanes of at least 4 members (excludes halogenated alkanes) is 4. The van der Waals surface area contributed by atoms with Gasteiger partial charge in [-0.15, -0.1) is 0 Å². The highest BCUT2D eigenvalue weighted by molar-refractivity contribution is 6.06. The van der Waals surface area contributed by atoms with E-state index in [2.05, 4.69) is 13.8 Å². The third kappa shape index (κ3) is 7.99. The molecule has 0 bridgehead atoms. The van der Waals surface area contributed by atoms with Gasteiger partial charge in [0.1, 0.15) is 11.5 Å². The Morgan fingerprint density at radius 3 is 1.75 bits per heavy atom. The molecule has 28 heavy (non-hydrogen) atoms. The van der Waals surface area contributed by atoms with Crippen LogP contribution in [0.25, 0.3) is 6.08 Å². The molecule has 0 aliphatic carbocycles. The number of allylic oxidation sites excluding steroid dienone is 1. The smallest absolute Gasteiger partial charge is 0.185 e. The summed E-state index contributed by atoms with van der Waals surface area (Å²) in [6.45, 7) is 5.82. The van der Waals surface area contributed by atoms with E-state index in [0.717, 1.165) is 43.1 Å². The second-order valence-electron chi connectivity index (χ2n) is 6.90. The zero-order valence-corrected chi connectivity index (χ0v) is 17.2. The monoisotopic (exact) mass is 380 g/mol. The van der Waals surface area contributed by atoms with E-state index >= 15 is 0 Å². The van der Waals surface area contributed by atoms with E-state index in [1.165, 1.54) is 25.7 Å². The molecule has 2 aromatic rings. The van der Waals surface area contributed by atoms with Crippen molar-refractivity contribution in [2.24, 2.45) is 0 Å². The Labute approximate surface area is 169 Å². The van der Waals surface area contributed by atoms with E-state index in [1.807, 2.05) is 54.6 Å². The van der Waals surface area contributed by atoms with Gasteiger partial charge in [-0.2, -0.15) is 0 Å². The van der Waals surface area contributed by atoms with Crippen LogP contribution in [0.3, 0.4) is 0 Å². The second kappa shape index (κ2) is 12.8. The fourth-order valence-electron chi connectivity index (χ4n) is 2.74. The van der Waals surface area contributed by atoms with Gasteiger partial charge in [0.25, 0.3) is 0 Å². The summed E-state index contributed by atoms with van der Waals surface area (Å²) in [5, 5.41) is 0. The van der Waals surface area contributed by atoms with Crippen LogP contribution in [0.2, 0.25) is 0 Å². The second-order valence-corrected chi connectivity index (χ2v) is 6.90. The van der Waals surface area contributed by atoms with Crippen molar-refractivity contribution in [3.8, 4) is 11.5 Å². The Morgan fingerprint density at radius 2 is 1.25 bits per heavy atom. The van der Waals surface area contributed by atoms with Crippen LogP contribution in [0, 0.1) is 0 Å². The number of ketones is 1. The maximum absolute atomic E-state index is 12.3. The van der Waals surface area contributed by atoms with Gasteiger partial charge < -0.3 is 9.47 Å². The molecule has 2 aromatic carbocycles. The van der Waals surface area contributed by atoms with Crippen molar-refractivity contribution in [1.82, 2.24) is 0 Å². The fourth-order valence-corrected chi connectivity index (χ4v) is 2.74. The van der Waals surface area contributed by atoms with Gasteiger partial charge in [-0.3, -0.25) is 4.79 Å². The summed E-state index contributed by atoms with van der Waals surface area (Å²) in [6.07, 6.45) is 10.3. The topological polar surface area (TPSA) is 35.5 Å². The van der Waals surface area contributed by atoms with Gasteiger partial charge in [0.15, 0.2) is 5.78 Å². The Bertz CT molecular complexity index is 714. The van der Waals surface area contributed by atoms with Crippen molar-refractivity contribution < 1.29 is 14.3 Å². The summed E-state index contributed by atoms with van der Waals surface area (Å²) in [6, 6.07) is 15.2. The molecule has 0 aromatic heterocycles. The SMILES string of the molecule is CCCCCOc1ccc(C=CC(=O)c2ccc(OCCCCC)cc2)cc1. The van der Waals surface area contributed by atoms with Crippen molar-refractivity contribution in [3.05, 3.63) is 65.7 Å². The molecule has 0 radical (unpaired) electrons. The first-order valence-electron chi connectivity index (χ1n) is 10.4. The fraction of sp³-hybridized carbons (Fsp3) is 0.400. The van der Waals surface area contributed by atoms with Crippen LogP contribution >= 0.6 is 0 Å². The molecule has 0 fully saturated rings. The minimum atomic E-state index is -0.0163. The maximum atomic E-state index is 12.3. The molecule has 0 aliphatic rings. The third-order valence-corrected chi connectivity index (χ3v) is 4.48. The number of carbonyl (C=O) groups excluding carboxylic acids is 1. The average molecular weight is 381 g/mol. The highest BCUT2D eigenvalue weighted by Gasteiger charge is 2.03. The Balaban J connectivity index is 1.82. The molecule has 150 valence electrons. The minimum absolute atomic E-state index is 0.0163. The number of hydrogen-bond donors (Lipinski definition) is 0. The number of benzene rings is 2. The molecule has 2 rings (SSSR count). The minimum Gasteiger partial charge on any atom is -0.494 e. The lowest BCUT2D eigenvalue weighted by Crippen LogP contribution is -1.98. The first-order chi connectivity index (χ1) is 13.7. The van der Waals surface area contributed by atoms with Crippen LogP contribution in [-0.4, -0.2) is 19.0 Å². The highest BCUT2D eigenvalue weighted by atomic mass is 16.5. The molecule has 3 nitrogen and oxygen atoms in total. The molecule has 0 N–H and O–H groups in total. The molecule has 0 atom stereocenters. The van der Waals surface area contributed by atoms with Crippen LogP contribution in [0.4, 0.5) is 0 Å². The van der Waals surface area contributed by atoms with E-state index < -0.39 is 0 Å². The Kier molecular flexibility index (Phi) is 9.92. The highest BCUT2D eigenvalue weighted by Crippen LogP contribution is 2.16. The van der Waals surface area contributed by atoms with E-state index in [9.17, 15) is 4.79 Å². The first-order valence-corrected chi connectivity index (χ1v) is 10.4. The molecule has 0 saturated carbocycles. The van der Waals surface area contributed by atoms with E-state index in [0.29, 0.717) is 5.56 Å². The van der Waals surface area contributed by atoms with E-state index in [4.69, 9.17) is 9.47 Å². The first kappa shape index (κ1) is 21.7. The molecule has 0 spiro atoms. The van der Waals surface area contributed by atoms with Crippen molar-refractivity contribution in [2.75, 3.05) is 13.2 Å². The summed E-state index contributed by atoms with van der Waals surface area (Å²) in [7, 11) is 0. The predicted octanol–water partition coefficient (Wildman–Crippen LogP) is 6.72. The maximum Gasteiger partial charge on any atom is 0.185 e. The molecule has 0 unspecified atom stereocenters. The van der Waals surface area contributed by atoms with Gasteiger partial charge in [0.2, 0.25) is 0 Å². The molecular formula is C25H32O3. The summed E-state index contributed by atoms with van der Waals surface area (Å²) in [4.78, 5) is 12.3. The van der Waals surface area contributed by atoms with Gasteiger partial charge in [-0.1, -0.05) is 57.7 Å². The molecule has 0 saturated heterocycles. The lowest BCUT2D eigenvalue weighted by atomic mass is 10.1. The van der Waals surface area contributed by atoms with Crippen molar-refractivity contribution >= 4 is 11.9 Å². The average Bonchev–Trinajstić information content (AvgIpc) is 2.74. The van der Waals surface area contributed by atoms with E-state index in [-0.39, 0.29) is 5.78 Å². The zero-order valence-electron chi connectivity index (χ0n) is 17.2. The summed E-state index contributed by atoms with van der Waals surface area (Å²) in [5.74, 6) is 1.66. The number of hydrogen-bond acceptors (Lipinski definition) is 3. The standard InChI is InChI=1S/C25H32O3/c1-3-5-7-19-27-23-14-9-21(10-15-23)11-18-25(26)22-12-16-24(17-13-22)28-20-8-6-4-2/h9-18H,3-8,19-20H2,1-2H3. The van der Waals surface area contributed by atoms with Crippen molar-refractivity contribution in [3.63, 3.8) is 0 Å². The van der Waals surface area contributed by atoms with Crippen LogP contribution in [0.15, 0.2) is 54.6 Å². The summed E-state index contributed by atoms with van der Waals surface area (Å²) in [5.41, 5.74) is 1.64. The quantitative estimate of drug-likeness (QED) is 0.220. The molecule has 0 aliphatic heterocycles. The Hall–Kier alpha value is -2.55. The van der Waals surface area contributed by atoms with Gasteiger partial charge >= 0.3 is 0 Å².